The van der Waals surface area contributed by atoms with Crippen LogP contribution in [0.2, 0.25) is 0 Å². The van der Waals surface area contributed by atoms with E-state index in [0.29, 0.717) is 19.6 Å². The van der Waals surface area contributed by atoms with Gasteiger partial charge in [0, 0.05) is 25.7 Å². The molecule has 2 rings (SSSR count). The van der Waals surface area contributed by atoms with Crippen LogP contribution in [0.1, 0.15) is 38.5 Å². The van der Waals surface area contributed by atoms with Crippen molar-refractivity contribution in [3.8, 4) is 0 Å². The maximum atomic E-state index is 12.4. The smallest absolute Gasteiger partial charge is 0.320 e. The zero-order chi connectivity index (χ0) is 13.8. The van der Waals surface area contributed by atoms with Crippen molar-refractivity contribution in [2.45, 2.75) is 50.7 Å². The highest BCUT2D eigenvalue weighted by Gasteiger charge is 2.32. The molecular weight excluding hydrogens is 248 g/mol. The van der Waals surface area contributed by atoms with Crippen LogP contribution < -0.4 is 0 Å². The summed E-state index contributed by atoms with van der Waals surface area (Å²) in [6, 6.07) is -0.303. The van der Waals surface area contributed by atoms with Crippen LogP contribution in [0.5, 0.6) is 0 Å². The molecule has 0 saturated carbocycles. The summed E-state index contributed by atoms with van der Waals surface area (Å²) >= 11 is 0. The zero-order valence-corrected chi connectivity index (χ0v) is 11.1. The molecule has 2 heterocycles. The Morgan fingerprint density at radius 1 is 1.11 bits per heavy atom. The zero-order valence-electron chi connectivity index (χ0n) is 11.1. The second kappa shape index (κ2) is 6.23. The minimum atomic E-state index is -0.858. The molecule has 2 amide bonds. The summed E-state index contributed by atoms with van der Waals surface area (Å²) in [7, 11) is 0. The van der Waals surface area contributed by atoms with Crippen LogP contribution in [0.25, 0.3) is 0 Å². The number of carboxylic acid groups (broad SMARTS) is 1. The third-order valence-electron chi connectivity index (χ3n) is 3.95. The van der Waals surface area contributed by atoms with Gasteiger partial charge in [-0.15, -0.1) is 0 Å². The summed E-state index contributed by atoms with van der Waals surface area (Å²) < 4.78 is 0. The van der Waals surface area contributed by atoms with E-state index in [1.54, 1.807) is 9.80 Å². The Morgan fingerprint density at radius 2 is 1.89 bits per heavy atom. The van der Waals surface area contributed by atoms with Crippen molar-refractivity contribution in [1.82, 2.24) is 9.80 Å². The van der Waals surface area contributed by atoms with Gasteiger partial charge in [0.2, 0.25) is 0 Å². The third-order valence-corrected chi connectivity index (χ3v) is 3.95. The average molecular weight is 270 g/mol. The number of amides is 2. The van der Waals surface area contributed by atoms with Gasteiger partial charge in [-0.2, -0.15) is 0 Å². The Labute approximate surface area is 113 Å². The van der Waals surface area contributed by atoms with Crippen molar-refractivity contribution < 1.29 is 19.8 Å². The number of carbonyl (C=O) groups is 2. The Morgan fingerprint density at radius 3 is 2.58 bits per heavy atom. The quantitative estimate of drug-likeness (QED) is 0.781. The van der Waals surface area contributed by atoms with Crippen LogP contribution in [0, 0.1) is 0 Å². The Kier molecular flexibility index (Phi) is 4.63. The highest BCUT2D eigenvalue weighted by molar-refractivity contribution is 5.76. The molecule has 2 atom stereocenters. The first-order valence-electron chi connectivity index (χ1n) is 7.03. The first-order valence-corrected chi connectivity index (χ1v) is 7.03. The van der Waals surface area contributed by atoms with Crippen LogP contribution >= 0.6 is 0 Å². The lowest BCUT2D eigenvalue weighted by Crippen LogP contribution is -2.53. The van der Waals surface area contributed by atoms with E-state index < -0.39 is 12.1 Å². The summed E-state index contributed by atoms with van der Waals surface area (Å²) in [6.45, 7) is 1.66. The van der Waals surface area contributed by atoms with Crippen molar-refractivity contribution in [3.63, 3.8) is 0 Å². The molecule has 2 N–H and O–H groups in total. The van der Waals surface area contributed by atoms with E-state index in [9.17, 15) is 14.7 Å². The molecule has 0 radical (unpaired) electrons. The number of carboxylic acids is 1. The van der Waals surface area contributed by atoms with Gasteiger partial charge in [-0.1, -0.05) is 0 Å². The molecule has 0 aromatic heterocycles. The molecule has 19 heavy (non-hydrogen) atoms. The number of hydrogen-bond donors (Lipinski definition) is 2. The van der Waals surface area contributed by atoms with Gasteiger partial charge >= 0.3 is 12.0 Å². The minimum Gasteiger partial charge on any atom is -0.481 e. The molecule has 2 aliphatic heterocycles. The lowest BCUT2D eigenvalue weighted by molar-refractivity contribution is -0.138. The summed E-state index contributed by atoms with van der Waals surface area (Å²) in [6.07, 6.45) is 3.78. The molecule has 0 aromatic carbocycles. The first-order chi connectivity index (χ1) is 9.08. The van der Waals surface area contributed by atoms with Crippen LogP contribution in [-0.4, -0.2) is 63.8 Å². The monoisotopic (exact) mass is 270 g/mol. The van der Waals surface area contributed by atoms with Crippen molar-refractivity contribution in [2.24, 2.45) is 0 Å². The highest BCUT2D eigenvalue weighted by atomic mass is 16.4. The normalized spacial score (nSPS) is 28.3. The lowest BCUT2D eigenvalue weighted by atomic mass is 9.99. The van der Waals surface area contributed by atoms with E-state index in [1.165, 1.54) is 0 Å². The fourth-order valence-electron chi connectivity index (χ4n) is 2.98. The number of aliphatic hydroxyl groups is 1. The number of rotatable bonds is 2. The largest absolute Gasteiger partial charge is 0.481 e. The van der Waals surface area contributed by atoms with Crippen LogP contribution in [-0.2, 0) is 4.79 Å². The topological polar surface area (TPSA) is 81.1 Å². The fourth-order valence-corrected chi connectivity index (χ4v) is 2.98. The van der Waals surface area contributed by atoms with E-state index in [2.05, 4.69) is 0 Å². The number of aliphatic carboxylic acids is 1. The third kappa shape index (κ3) is 3.59. The van der Waals surface area contributed by atoms with Gasteiger partial charge in [0.05, 0.1) is 12.5 Å². The molecule has 0 aliphatic carbocycles. The molecule has 0 spiro atoms. The first kappa shape index (κ1) is 14.1. The van der Waals surface area contributed by atoms with Gasteiger partial charge < -0.3 is 20.0 Å². The number of carbonyl (C=O) groups excluding carboxylic acids is 1. The second-order valence-electron chi connectivity index (χ2n) is 5.47. The molecule has 108 valence electrons. The number of piperidine rings is 2. The molecule has 2 unspecified atom stereocenters. The molecule has 0 aromatic rings. The van der Waals surface area contributed by atoms with E-state index >= 15 is 0 Å². The van der Waals surface area contributed by atoms with Gasteiger partial charge in [-0.05, 0) is 32.1 Å². The maximum absolute atomic E-state index is 12.4. The van der Waals surface area contributed by atoms with Crippen molar-refractivity contribution in [2.75, 3.05) is 19.6 Å². The summed E-state index contributed by atoms with van der Waals surface area (Å²) in [5.74, 6) is -0.858. The molecule has 2 fully saturated rings. The van der Waals surface area contributed by atoms with E-state index in [1.807, 2.05) is 0 Å². The second-order valence-corrected chi connectivity index (χ2v) is 5.47. The van der Waals surface area contributed by atoms with Crippen molar-refractivity contribution >= 4 is 12.0 Å². The predicted molar refractivity (Wildman–Crippen MR) is 68.8 cm³/mol. The highest BCUT2D eigenvalue weighted by Crippen LogP contribution is 2.22. The molecular formula is C13H22N2O4. The number of urea groups is 1. The van der Waals surface area contributed by atoms with Crippen molar-refractivity contribution in [1.29, 1.82) is 0 Å². The average Bonchev–Trinajstić information content (AvgIpc) is 2.38. The molecule has 6 heteroatoms. The Bertz CT molecular complexity index is 348. The van der Waals surface area contributed by atoms with E-state index in [0.717, 1.165) is 32.1 Å². The van der Waals surface area contributed by atoms with E-state index in [4.69, 9.17) is 5.11 Å². The number of aliphatic hydroxyl groups excluding tert-OH is 1. The lowest BCUT2D eigenvalue weighted by Gasteiger charge is -2.40. The maximum Gasteiger partial charge on any atom is 0.320 e. The number of nitrogens with zero attached hydrogens (tertiary/aromatic N) is 2. The molecule has 2 saturated heterocycles. The van der Waals surface area contributed by atoms with Gasteiger partial charge in [0.15, 0.2) is 0 Å². The van der Waals surface area contributed by atoms with Crippen LogP contribution in [0.15, 0.2) is 0 Å². The number of likely N-dealkylation sites (tertiary alicyclic amines) is 2. The Hall–Kier alpha value is -1.30. The van der Waals surface area contributed by atoms with Crippen LogP contribution in [0.3, 0.4) is 0 Å². The van der Waals surface area contributed by atoms with Gasteiger partial charge in [0.25, 0.3) is 0 Å². The van der Waals surface area contributed by atoms with Gasteiger partial charge in [0.1, 0.15) is 0 Å². The Balaban J connectivity index is 2.00. The summed E-state index contributed by atoms with van der Waals surface area (Å²) in [5, 5.41) is 18.6. The van der Waals surface area contributed by atoms with Crippen molar-refractivity contribution in [3.05, 3.63) is 0 Å². The fraction of sp³-hybridized carbons (Fsp3) is 0.846. The van der Waals surface area contributed by atoms with E-state index in [-0.39, 0.29) is 18.5 Å². The molecule has 0 bridgehead atoms. The van der Waals surface area contributed by atoms with Gasteiger partial charge in [-0.25, -0.2) is 4.79 Å². The predicted octanol–water partition coefficient (Wildman–Crippen LogP) is 0.892. The summed E-state index contributed by atoms with van der Waals surface area (Å²) in [5.41, 5.74) is 0. The molecule has 2 aliphatic rings. The minimum absolute atomic E-state index is 0.0160. The number of hydrogen-bond acceptors (Lipinski definition) is 3. The molecule has 6 nitrogen and oxygen atoms in total. The standard InChI is InChI=1S/C13H22N2O4/c16-11-5-3-6-14(9-11)13(19)15-7-2-1-4-10(15)8-12(17)18/h10-11,16H,1-9H2,(H,17,18). The number of β-amino-alcohol motifs (C(OH)–C–C–N with tert-alkyl or cyclic N) is 1. The van der Waals surface area contributed by atoms with Gasteiger partial charge in [-0.3, -0.25) is 4.79 Å². The SMILES string of the molecule is O=C(O)CC1CCCCN1C(=O)N1CCCC(O)C1. The van der Waals surface area contributed by atoms with Crippen LogP contribution in [0.4, 0.5) is 4.79 Å². The summed E-state index contributed by atoms with van der Waals surface area (Å²) in [4.78, 5) is 26.7.